The van der Waals surface area contributed by atoms with Gasteiger partial charge in [0.05, 0.1) is 9.99 Å². The van der Waals surface area contributed by atoms with Gasteiger partial charge < -0.3 is 4.74 Å². The Morgan fingerprint density at radius 1 is 1.11 bits per heavy atom. The molecule has 0 unspecified atom stereocenters. The standard InChI is InChI=1S/C12H6BrF2N3O/c13-7-4-9-10(17-18-16-9)5-12(7)19-11-2-1-6(14)3-8(11)15/h1-5H,(H,16,17,18). The van der Waals surface area contributed by atoms with Gasteiger partial charge in [0.1, 0.15) is 17.1 Å². The number of nitrogens with zero attached hydrogens (tertiary/aromatic N) is 2. The lowest BCUT2D eigenvalue weighted by molar-refractivity contribution is 0.436. The number of aromatic nitrogens is 3. The summed E-state index contributed by atoms with van der Waals surface area (Å²) in [5, 5.41) is 10.2. The largest absolute Gasteiger partial charge is 0.453 e. The number of aromatic amines is 1. The van der Waals surface area contributed by atoms with Crippen LogP contribution >= 0.6 is 15.9 Å². The maximum absolute atomic E-state index is 13.5. The van der Waals surface area contributed by atoms with Crippen LogP contribution in [-0.4, -0.2) is 15.4 Å². The molecule has 3 aromatic rings. The highest BCUT2D eigenvalue weighted by Gasteiger charge is 2.11. The van der Waals surface area contributed by atoms with E-state index in [1.165, 1.54) is 6.07 Å². The van der Waals surface area contributed by atoms with E-state index in [9.17, 15) is 8.78 Å². The van der Waals surface area contributed by atoms with Crippen molar-refractivity contribution in [2.24, 2.45) is 0 Å². The van der Waals surface area contributed by atoms with E-state index in [-0.39, 0.29) is 5.75 Å². The van der Waals surface area contributed by atoms with E-state index in [1.54, 1.807) is 12.1 Å². The normalized spacial score (nSPS) is 10.9. The lowest BCUT2D eigenvalue weighted by Gasteiger charge is -2.08. The third-order valence-electron chi connectivity index (χ3n) is 2.49. The monoisotopic (exact) mass is 325 g/mol. The summed E-state index contributed by atoms with van der Waals surface area (Å²) < 4.78 is 32.3. The predicted octanol–water partition coefficient (Wildman–Crippen LogP) is 3.79. The fraction of sp³-hybridized carbons (Fsp3) is 0. The minimum Gasteiger partial charge on any atom is -0.453 e. The van der Waals surface area contributed by atoms with Gasteiger partial charge in [-0.15, -0.1) is 5.10 Å². The molecule has 0 aliphatic carbocycles. The summed E-state index contributed by atoms with van der Waals surface area (Å²) in [6.07, 6.45) is 0. The number of hydrogen-bond acceptors (Lipinski definition) is 3. The van der Waals surface area contributed by atoms with Gasteiger partial charge in [0.2, 0.25) is 0 Å². The Morgan fingerprint density at radius 2 is 1.95 bits per heavy atom. The Kier molecular flexibility index (Phi) is 2.90. The molecule has 0 saturated heterocycles. The average Bonchev–Trinajstić information content (AvgIpc) is 2.80. The minimum absolute atomic E-state index is 0.0649. The molecule has 19 heavy (non-hydrogen) atoms. The number of hydrogen-bond donors (Lipinski definition) is 1. The fourth-order valence-corrected chi connectivity index (χ4v) is 2.03. The van der Waals surface area contributed by atoms with Crippen LogP contribution in [0.25, 0.3) is 11.0 Å². The minimum atomic E-state index is -0.771. The molecule has 0 radical (unpaired) electrons. The summed E-state index contributed by atoms with van der Waals surface area (Å²) >= 11 is 3.30. The molecule has 7 heteroatoms. The number of benzene rings is 2. The van der Waals surface area contributed by atoms with Crippen LogP contribution < -0.4 is 4.74 Å². The first kappa shape index (κ1) is 12.0. The Labute approximate surface area is 114 Å². The van der Waals surface area contributed by atoms with Gasteiger partial charge in [0.15, 0.2) is 11.6 Å². The number of rotatable bonds is 2. The van der Waals surface area contributed by atoms with Crippen molar-refractivity contribution in [3.8, 4) is 11.5 Å². The fourth-order valence-electron chi connectivity index (χ4n) is 1.60. The second-order valence-corrected chi connectivity index (χ2v) is 4.64. The molecule has 0 aliphatic heterocycles. The van der Waals surface area contributed by atoms with Gasteiger partial charge in [-0.3, -0.25) is 5.10 Å². The first-order valence-electron chi connectivity index (χ1n) is 5.27. The molecule has 1 heterocycles. The van der Waals surface area contributed by atoms with E-state index in [0.29, 0.717) is 15.7 Å². The lowest BCUT2D eigenvalue weighted by atomic mass is 10.3. The maximum atomic E-state index is 13.5. The molecular weight excluding hydrogens is 320 g/mol. The molecule has 1 N–H and O–H groups in total. The van der Waals surface area contributed by atoms with Crippen LogP contribution in [0.5, 0.6) is 11.5 Å². The van der Waals surface area contributed by atoms with Crippen molar-refractivity contribution >= 4 is 27.0 Å². The van der Waals surface area contributed by atoms with Gasteiger partial charge in [0, 0.05) is 12.1 Å². The Morgan fingerprint density at radius 3 is 2.74 bits per heavy atom. The molecule has 0 atom stereocenters. The summed E-state index contributed by atoms with van der Waals surface area (Å²) in [5.41, 5.74) is 1.31. The Bertz CT molecular complexity index is 760. The summed E-state index contributed by atoms with van der Waals surface area (Å²) in [7, 11) is 0. The summed E-state index contributed by atoms with van der Waals surface area (Å²) in [5.74, 6) is -1.13. The molecular formula is C12H6BrF2N3O. The molecule has 0 fully saturated rings. The Hall–Kier alpha value is -2.02. The quantitative estimate of drug-likeness (QED) is 0.779. The zero-order valence-electron chi connectivity index (χ0n) is 9.32. The number of nitrogens with one attached hydrogen (secondary N) is 1. The average molecular weight is 326 g/mol. The number of ether oxygens (including phenoxy) is 1. The summed E-state index contributed by atoms with van der Waals surface area (Å²) in [4.78, 5) is 0. The first-order valence-corrected chi connectivity index (χ1v) is 6.06. The highest BCUT2D eigenvalue weighted by molar-refractivity contribution is 9.10. The predicted molar refractivity (Wildman–Crippen MR) is 68.0 cm³/mol. The van der Waals surface area contributed by atoms with Crippen molar-refractivity contribution in [3.05, 3.63) is 46.4 Å². The molecule has 1 aromatic heterocycles. The van der Waals surface area contributed by atoms with Crippen molar-refractivity contribution in [2.75, 3.05) is 0 Å². The van der Waals surface area contributed by atoms with Gasteiger partial charge in [-0.25, -0.2) is 8.78 Å². The van der Waals surface area contributed by atoms with Crippen LogP contribution in [0, 0.1) is 11.6 Å². The molecule has 0 saturated carbocycles. The number of fused-ring (bicyclic) bond motifs is 1. The molecule has 0 amide bonds. The van der Waals surface area contributed by atoms with Gasteiger partial charge in [-0.2, -0.15) is 0 Å². The third-order valence-corrected chi connectivity index (χ3v) is 3.11. The number of H-pyrrole nitrogens is 1. The smallest absolute Gasteiger partial charge is 0.168 e. The molecule has 4 nitrogen and oxygen atoms in total. The topological polar surface area (TPSA) is 50.8 Å². The number of halogens is 3. The molecule has 0 bridgehead atoms. The van der Waals surface area contributed by atoms with Crippen molar-refractivity contribution in [1.82, 2.24) is 15.4 Å². The molecule has 96 valence electrons. The van der Waals surface area contributed by atoms with E-state index < -0.39 is 11.6 Å². The molecule has 2 aromatic carbocycles. The van der Waals surface area contributed by atoms with Crippen LogP contribution in [0.4, 0.5) is 8.78 Å². The highest BCUT2D eigenvalue weighted by atomic mass is 79.9. The zero-order valence-corrected chi connectivity index (χ0v) is 10.9. The van der Waals surface area contributed by atoms with Gasteiger partial charge in [-0.1, -0.05) is 5.21 Å². The SMILES string of the molecule is Fc1ccc(Oc2cc3nn[nH]c3cc2Br)c(F)c1. The second-order valence-electron chi connectivity index (χ2n) is 3.79. The van der Waals surface area contributed by atoms with Crippen LogP contribution in [0.2, 0.25) is 0 Å². The second kappa shape index (κ2) is 4.58. The van der Waals surface area contributed by atoms with Crippen LogP contribution in [-0.2, 0) is 0 Å². The van der Waals surface area contributed by atoms with Crippen molar-refractivity contribution in [2.45, 2.75) is 0 Å². The summed E-state index contributed by atoms with van der Waals surface area (Å²) in [6, 6.07) is 6.43. The zero-order chi connectivity index (χ0) is 13.4. The van der Waals surface area contributed by atoms with Gasteiger partial charge >= 0.3 is 0 Å². The third kappa shape index (κ3) is 2.28. The lowest BCUT2D eigenvalue weighted by Crippen LogP contribution is -1.90. The van der Waals surface area contributed by atoms with Crippen molar-refractivity contribution in [3.63, 3.8) is 0 Å². The molecule has 0 aliphatic rings. The maximum Gasteiger partial charge on any atom is 0.168 e. The highest BCUT2D eigenvalue weighted by Crippen LogP contribution is 2.33. The van der Waals surface area contributed by atoms with E-state index in [4.69, 9.17) is 4.74 Å². The van der Waals surface area contributed by atoms with Crippen LogP contribution in [0.3, 0.4) is 0 Å². The van der Waals surface area contributed by atoms with Crippen LogP contribution in [0.1, 0.15) is 0 Å². The van der Waals surface area contributed by atoms with Gasteiger partial charge in [-0.05, 0) is 34.1 Å². The van der Waals surface area contributed by atoms with E-state index in [1.807, 2.05) is 0 Å². The van der Waals surface area contributed by atoms with E-state index in [0.717, 1.165) is 17.6 Å². The Balaban J connectivity index is 2.02. The van der Waals surface area contributed by atoms with Gasteiger partial charge in [0.25, 0.3) is 0 Å². The first-order chi connectivity index (χ1) is 9.13. The van der Waals surface area contributed by atoms with Crippen LogP contribution in [0.15, 0.2) is 34.8 Å². The van der Waals surface area contributed by atoms with Crippen molar-refractivity contribution in [1.29, 1.82) is 0 Å². The van der Waals surface area contributed by atoms with Crippen molar-refractivity contribution < 1.29 is 13.5 Å². The summed E-state index contributed by atoms with van der Waals surface area (Å²) in [6.45, 7) is 0. The van der Waals surface area contributed by atoms with E-state index >= 15 is 0 Å². The molecule has 0 spiro atoms. The molecule has 3 rings (SSSR count). The van der Waals surface area contributed by atoms with E-state index in [2.05, 4.69) is 31.3 Å².